The van der Waals surface area contributed by atoms with Crippen LogP contribution in [0.3, 0.4) is 0 Å². The van der Waals surface area contributed by atoms with Crippen LogP contribution in [0.4, 0.5) is 4.79 Å². The average molecular weight is 385 g/mol. The van der Waals surface area contributed by atoms with Crippen molar-refractivity contribution in [1.29, 1.82) is 0 Å². The summed E-state index contributed by atoms with van der Waals surface area (Å²) in [6.45, 7) is 1.16. The zero-order valence-electron chi connectivity index (χ0n) is 14.2. The number of sulfonamides is 1. The minimum absolute atomic E-state index is 0.0530. The average Bonchev–Trinajstić information content (AvgIpc) is 3.05. The van der Waals surface area contributed by atoms with Gasteiger partial charge in [-0.1, -0.05) is 0 Å². The number of nitrogens with zero attached hydrogens (tertiary/aromatic N) is 1. The Hall–Kier alpha value is -2.66. The van der Waals surface area contributed by atoms with Crippen molar-refractivity contribution in [3.05, 3.63) is 24.3 Å². The molecule has 1 aromatic rings. The normalized spacial score (nSPS) is 15.3. The maximum atomic E-state index is 12.2. The fourth-order valence-electron chi connectivity index (χ4n) is 2.15. The van der Waals surface area contributed by atoms with Crippen LogP contribution in [0.1, 0.15) is 6.92 Å². The highest BCUT2D eigenvalue weighted by atomic mass is 32.2. The van der Waals surface area contributed by atoms with E-state index in [2.05, 4.69) is 10.0 Å². The molecule has 1 aliphatic heterocycles. The molecule has 2 rings (SSSR count). The molecule has 3 amide bonds. The molecular formula is C15H19N3O7S. The molecule has 0 bridgehead atoms. The summed E-state index contributed by atoms with van der Waals surface area (Å²) in [6.07, 6.45) is 0. The SMILES string of the molecule is COc1ccc(S(=O)(=O)N[C@@H](C)C(=O)OCC(=O)N2CCNC2=O)cc1. The zero-order chi connectivity index (χ0) is 19.3. The van der Waals surface area contributed by atoms with Crippen LogP contribution < -0.4 is 14.8 Å². The van der Waals surface area contributed by atoms with Crippen molar-refractivity contribution in [1.82, 2.24) is 14.9 Å². The van der Waals surface area contributed by atoms with E-state index in [1.165, 1.54) is 38.3 Å². The smallest absolute Gasteiger partial charge is 0.324 e. The Morgan fingerprint density at radius 1 is 1.31 bits per heavy atom. The number of methoxy groups -OCH3 is 1. The molecule has 1 heterocycles. The summed E-state index contributed by atoms with van der Waals surface area (Å²) < 4.78 is 36.4. The molecule has 1 fully saturated rings. The zero-order valence-corrected chi connectivity index (χ0v) is 15.0. The van der Waals surface area contributed by atoms with Gasteiger partial charge in [0.15, 0.2) is 6.61 Å². The molecule has 26 heavy (non-hydrogen) atoms. The molecular weight excluding hydrogens is 366 g/mol. The van der Waals surface area contributed by atoms with Crippen molar-refractivity contribution in [2.24, 2.45) is 0 Å². The Labute approximate surface area is 150 Å². The maximum absolute atomic E-state index is 12.2. The number of urea groups is 1. The fourth-order valence-corrected chi connectivity index (χ4v) is 3.34. The Bertz CT molecular complexity index is 792. The first kappa shape index (κ1) is 19.7. The number of benzene rings is 1. The van der Waals surface area contributed by atoms with E-state index in [0.29, 0.717) is 12.3 Å². The number of hydrogen-bond donors (Lipinski definition) is 2. The first-order chi connectivity index (χ1) is 12.2. The molecule has 0 aromatic heterocycles. The van der Waals surface area contributed by atoms with Gasteiger partial charge in [0, 0.05) is 13.1 Å². The Morgan fingerprint density at radius 3 is 2.50 bits per heavy atom. The molecule has 142 valence electrons. The number of rotatable bonds is 7. The van der Waals surface area contributed by atoms with E-state index in [9.17, 15) is 22.8 Å². The monoisotopic (exact) mass is 385 g/mol. The van der Waals surface area contributed by atoms with Crippen LogP contribution in [0.25, 0.3) is 0 Å². The molecule has 10 nitrogen and oxygen atoms in total. The molecule has 1 saturated heterocycles. The summed E-state index contributed by atoms with van der Waals surface area (Å²) in [5, 5.41) is 2.44. The van der Waals surface area contributed by atoms with Crippen LogP contribution in [0, 0.1) is 0 Å². The molecule has 0 radical (unpaired) electrons. The van der Waals surface area contributed by atoms with Crippen LogP contribution in [0.2, 0.25) is 0 Å². The number of carbonyl (C=O) groups excluding carboxylic acids is 3. The van der Waals surface area contributed by atoms with Crippen LogP contribution in [-0.2, 0) is 24.3 Å². The molecule has 1 aliphatic rings. The molecule has 11 heteroatoms. The van der Waals surface area contributed by atoms with Gasteiger partial charge in [-0.05, 0) is 31.2 Å². The Kier molecular flexibility index (Phi) is 6.16. The van der Waals surface area contributed by atoms with E-state index in [-0.39, 0.29) is 11.4 Å². The largest absolute Gasteiger partial charge is 0.497 e. The molecule has 1 aromatic carbocycles. The van der Waals surface area contributed by atoms with E-state index in [0.717, 1.165) is 4.90 Å². The van der Waals surface area contributed by atoms with Gasteiger partial charge in [0.05, 0.1) is 12.0 Å². The van der Waals surface area contributed by atoms with Gasteiger partial charge in [0.25, 0.3) is 5.91 Å². The van der Waals surface area contributed by atoms with Gasteiger partial charge in [-0.15, -0.1) is 0 Å². The summed E-state index contributed by atoms with van der Waals surface area (Å²) in [5.74, 6) is -1.13. The number of ether oxygens (including phenoxy) is 2. The Morgan fingerprint density at radius 2 is 1.96 bits per heavy atom. The van der Waals surface area contributed by atoms with Crippen molar-refractivity contribution in [3.63, 3.8) is 0 Å². The second-order valence-electron chi connectivity index (χ2n) is 5.40. The first-order valence-corrected chi connectivity index (χ1v) is 9.14. The fraction of sp³-hybridized carbons (Fsp3) is 0.400. The Balaban J connectivity index is 1.90. The number of hydrogen-bond acceptors (Lipinski definition) is 7. The van der Waals surface area contributed by atoms with Gasteiger partial charge >= 0.3 is 12.0 Å². The highest BCUT2D eigenvalue weighted by Gasteiger charge is 2.28. The second kappa shape index (κ2) is 8.15. The van der Waals surface area contributed by atoms with E-state index in [1.807, 2.05) is 0 Å². The van der Waals surface area contributed by atoms with Crippen molar-refractivity contribution in [2.75, 3.05) is 26.8 Å². The third kappa shape index (κ3) is 4.70. The number of esters is 1. The van der Waals surface area contributed by atoms with Crippen LogP contribution >= 0.6 is 0 Å². The van der Waals surface area contributed by atoms with E-state index < -0.39 is 40.6 Å². The van der Waals surface area contributed by atoms with E-state index >= 15 is 0 Å². The van der Waals surface area contributed by atoms with Crippen molar-refractivity contribution < 1.29 is 32.3 Å². The van der Waals surface area contributed by atoms with Crippen molar-refractivity contribution >= 4 is 27.9 Å². The highest BCUT2D eigenvalue weighted by Crippen LogP contribution is 2.15. The summed E-state index contributed by atoms with van der Waals surface area (Å²) in [4.78, 5) is 35.9. The van der Waals surface area contributed by atoms with Gasteiger partial charge in [0.1, 0.15) is 11.8 Å². The third-order valence-corrected chi connectivity index (χ3v) is 5.11. The predicted octanol–water partition coefficient (Wildman–Crippen LogP) is -0.543. The summed E-state index contributed by atoms with van der Waals surface area (Å²) in [5.41, 5.74) is 0. The molecule has 0 unspecified atom stereocenters. The molecule has 0 saturated carbocycles. The van der Waals surface area contributed by atoms with Crippen LogP contribution in [-0.4, -0.2) is 64.1 Å². The lowest BCUT2D eigenvalue weighted by molar-refractivity contribution is -0.151. The quantitative estimate of drug-likeness (QED) is 0.603. The predicted molar refractivity (Wildman–Crippen MR) is 88.8 cm³/mol. The van der Waals surface area contributed by atoms with E-state index in [1.54, 1.807) is 0 Å². The minimum Gasteiger partial charge on any atom is -0.497 e. The molecule has 1 atom stereocenters. The topological polar surface area (TPSA) is 131 Å². The lowest BCUT2D eigenvalue weighted by atomic mass is 10.3. The van der Waals surface area contributed by atoms with Gasteiger partial charge in [0.2, 0.25) is 10.0 Å². The third-order valence-electron chi connectivity index (χ3n) is 3.55. The minimum atomic E-state index is -3.96. The lowest BCUT2D eigenvalue weighted by Crippen LogP contribution is -2.42. The second-order valence-corrected chi connectivity index (χ2v) is 7.12. The maximum Gasteiger partial charge on any atom is 0.324 e. The van der Waals surface area contributed by atoms with Gasteiger partial charge in [-0.25, -0.2) is 13.2 Å². The summed E-state index contributed by atoms with van der Waals surface area (Å²) >= 11 is 0. The van der Waals surface area contributed by atoms with Gasteiger partial charge in [-0.2, -0.15) is 4.72 Å². The first-order valence-electron chi connectivity index (χ1n) is 7.66. The lowest BCUT2D eigenvalue weighted by Gasteiger charge is -2.15. The summed E-state index contributed by atoms with van der Waals surface area (Å²) in [7, 11) is -2.51. The van der Waals surface area contributed by atoms with Crippen LogP contribution in [0.15, 0.2) is 29.2 Å². The standard InChI is InChI=1S/C15H19N3O7S/c1-10(14(20)25-9-13(19)18-8-7-16-15(18)21)17-26(22,23)12-5-3-11(24-2)4-6-12/h3-6,10,17H,7-9H2,1-2H3,(H,16,21)/t10-/m0/s1. The van der Waals surface area contributed by atoms with Gasteiger partial charge < -0.3 is 14.8 Å². The summed E-state index contributed by atoms with van der Waals surface area (Å²) in [6, 6.07) is 3.82. The highest BCUT2D eigenvalue weighted by molar-refractivity contribution is 7.89. The van der Waals surface area contributed by atoms with Crippen molar-refractivity contribution in [2.45, 2.75) is 17.9 Å². The number of nitrogens with one attached hydrogen (secondary N) is 2. The van der Waals surface area contributed by atoms with Crippen molar-refractivity contribution in [3.8, 4) is 5.75 Å². The number of carbonyl (C=O) groups is 3. The number of imide groups is 1. The molecule has 0 aliphatic carbocycles. The van der Waals surface area contributed by atoms with Gasteiger partial charge in [-0.3, -0.25) is 14.5 Å². The molecule has 2 N–H and O–H groups in total. The van der Waals surface area contributed by atoms with Crippen LogP contribution in [0.5, 0.6) is 5.75 Å². The number of amides is 3. The van der Waals surface area contributed by atoms with E-state index in [4.69, 9.17) is 9.47 Å². The molecule has 0 spiro atoms.